The molecule has 1 rings (SSSR count). The van der Waals surface area contributed by atoms with Gasteiger partial charge in [-0.1, -0.05) is 17.9 Å². The van der Waals surface area contributed by atoms with Crippen molar-refractivity contribution in [2.45, 2.75) is 13.5 Å². The number of aryl methyl sites for hydroxylation is 1. The van der Waals surface area contributed by atoms with Crippen molar-refractivity contribution in [2.24, 2.45) is 0 Å². The lowest BCUT2D eigenvalue weighted by molar-refractivity contribution is 0.708. The molecule has 0 saturated carbocycles. The maximum absolute atomic E-state index is 11.3. The summed E-state index contributed by atoms with van der Waals surface area (Å²) >= 11 is 1.24. The zero-order valence-corrected chi connectivity index (χ0v) is 8.78. The largest absolute Gasteiger partial charge is 0.316 e. The van der Waals surface area contributed by atoms with Crippen LogP contribution in [0.15, 0.2) is 22.3 Å². The molecular weight excluding hydrogens is 184 g/mol. The fourth-order valence-electron chi connectivity index (χ4n) is 1.13. The van der Waals surface area contributed by atoms with Crippen LogP contribution in [0, 0.1) is 6.92 Å². The number of nitrogens with one attached hydrogen (secondary N) is 1. The number of thiazole rings is 1. The molecule has 0 unspecified atom stereocenters. The summed E-state index contributed by atoms with van der Waals surface area (Å²) in [6.07, 6.45) is 0. The highest BCUT2D eigenvalue weighted by molar-refractivity contribution is 7.07. The standard InChI is InChI=1S/C9H14N2OS/c1-7(4-10-3)5-11-8(2)6-13-9(11)12/h6,10H,1,4-5H2,2-3H3. The van der Waals surface area contributed by atoms with Crippen molar-refractivity contribution in [1.29, 1.82) is 0 Å². The second kappa shape index (κ2) is 4.39. The minimum atomic E-state index is 0.0924. The summed E-state index contributed by atoms with van der Waals surface area (Å²) < 4.78 is 1.74. The van der Waals surface area contributed by atoms with Gasteiger partial charge in [0.15, 0.2) is 0 Å². The minimum Gasteiger partial charge on any atom is -0.316 e. The SMILES string of the molecule is C=C(CNC)Cn1c(C)csc1=O. The Morgan fingerprint density at radius 1 is 1.77 bits per heavy atom. The van der Waals surface area contributed by atoms with Gasteiger partial charge < -0.3 is 5.32 Å². The van der Waals surface area contributed by atoms with E-state index in [1.54, 1.807) is 4.57 Å². The van der Waals surface area contributed by atoms with Crippen LogP contribution in [0.3, 0.4) is 0 Å². The molecule has 0 aliphatic rings. The highest BCUT2D eigenvalue weighted by atomic mass is 32.1. The molecule has 1 aromatic rings. The van der Waals surface area contributed by atoms with Crippen LogP contribution < -0.4 is 10.2 Å². The fraction of sp³-hybridized carbons (Fsp3) is 0.444. The number of hydrogen-bond donors (Lipinski definition) is 1. The summed E-state index contributed by atoms with van der Waals surface area (Å²) in [5.74, 6) is 0. The Hall–Kier alpha value is -0.870. The van der Waals surface area contributed by atoms with Crippen molar-refractivity contribution >= 4 is 11.3 Å². The molecular formula is C9H14N2OS. The lowest BCUT2D eigenvalue weighted by Gasteiger charge is -2.06. The van der Waals surface area contributed by atoms with Gasteiger partial charge in [0.1, 0.15) is 0 Å². The van der Waals surface area contributed by atoms with E-state index >= 15 is 0 Å². The first-order valence-corrected chi connectivity index (χ1v) is 4.99. The Morgan fingerprint density at radius 2 is 2.46 bits per heavy atom. The summed E-state index contributed by atoms with van der Waals surface area (Å²) in [5, 5.41) is 4.88. The van der Waals surface area contributed by atoms with E-state index in [0.717, 1.165) is 17.8 Å². The van der Waals surface area contributed by atoms with Crippen LogP contribution in [-0.2, 0) is 6.54 Å². The van der Waals surface area contributed by atoms with Crippen LogP contribution in [0.4, 0.5) is 0 Å². The molecule has 0 amide bonds. The van der Waals surface area contributed by atoms with Gasteiger partial charge in [-0.15, -0.1) is 0 Å². The van der Waals surface area contributed by atoms with E-state index in [1.165, 1.54) is 11.3 Å². The average Bonchev–Trinajstić information content (AvgIpc) is 2.36. The molecule has 1 N–H and O–H groups in total. The van der Waals surface area contributed by atoms with Gasteiger partial charge in [-0.3, -0.25) is 9.36 Å². The van der Waals surface area contributed by atoms with E-state index < -0.39 is 0 Å². The molecule has 0 spiro atoms. The van der Waals surface area contributed by atoms with Crippen molar-refractivity contribution in [2.75, 3.05) is 13.6 Å². The summed E-state index contributed by atoms with van der Waals surface area (Å²) in [6, 6.07) is 0. The first-order valence-electron chi connectivity index (χ1n) is 4.11. The third-order valence-corrected chi connectivity index (χ3v) is 2.67. The van der Waals surface area contributed by atoms with Gasteiger partial charge in [0.25, 0.3) is 0 Å². The van der Waals surface area contributed by atoms with Crippen LogP contribution >= 0.6 is 11.3 Å². The molecule has 3 nitrogen and oxygen atoms in total. The molecule has 1 heterocycles. The van der Waals surface area contributed by atoms with Crippen molar-refractivity contribution in [3.63, 3.8) is 0 Å². The second-order valence-corrected chi connectivity index (χ2v) is 3.83. The molecule has 0 radical (unpaired) electrons. The molecule has 0 aromatic carbocycles. The third-order valence-electron chi connectivity index (χ3n) is 1.78. The average molecular weight is 198 g/mol. The minimum absolute atomic E-state index is 0.0924. The molecule has 0 saturated heterocycles. The van der Waals surface area contributed by atoms with E-state index in [2.05, 4.69) is 11.9 Å². The first-order chi connectivity index (χ1) is 6.15. The third kappa shape index (κ3) is 2.54. The number of hydrogen-bond acceptors (Lipinski definition) is 3. The van der Waals surface area contributed by atoms with Crippen molar-refractivity contribution in [3.8, 4) is 0 Å². The lowest BCUT2D eigenvalue weighted by Crippen LogP contribution is -2.20. The smallest absolute Gasteiger partial charge is 0.307 e. The number of rotatable bonds is 4. The molecule has 0 aliphatic carbocycles. The topological polar surface area (TPSA) is 34.0 Å². The molecule has 0 atom stereocenters. The summed E-state index contributed by atoms with van der Waals surface area (Å²) in [4.78, 5) is 11.4. The summed E-state index contributed by atoms with van der Waals surface area (Å²) in [5.41, 5.74) is 2.03. The molecule has 0 bridgehead atoms. The zero-order valence-electron chi connectivity index (χ0n) is 7.96. The molecule has 72 valence electrons. The maximum Gasteiger partial charge on any atom is 0.307 e. The van der Waals surface area contributed by atoms with Gasteiger partial charge in [-0.25, -0.2) is 0 Å². The number of aromatic nitrogens is 1. The van der Waals surface area contributed by atoms with Gasteiger partial charge in [0.05, 0.1) is 0 Å². The number of nitrogens with zero attached hydrogens (tertiary/aromatic N) is 1. The predicted molar refractivity (Wildman–Crippen MR) is 56.4 cm³/mol. The lowest BCUT2D eigenvalue weighted by atomic mass is 10.3. The molecule has 1 aromatic heterocycles. The van der Waals surface area contributed by atoms with Crippen molar-refractivity contribution in [1.82, 2.24) is 9.88 Å². The normalized spacial score (nSPS) is 10.3. The van der Waals surface area contributed by atoms with Crippen LogP contribution in [0.25, 0.3) is 0 Å². The Morgan fingerprint density at radius 3 is 2.92 bits per heavy atom. The Balaban J connectivity index is 2.74. The quantitative estimate of drug-likeness (QED) is 0.732. The molecule has 0 aliphatic heterocycles. The van der Waals surface area contributed by atoms with Crippen molar-refractivity contribution in [3.05, 3.63) is 32.9 Å². The highest BCUT2D eigenvalue weighted by Gasteiger charge is 2.02. The fourth-order valence-corrected chi connectivity index (χ4v) is 1.86. The summed E-state index contributed by atoms with van der Waals surface area (Å²) in [6.45, 7) is 7.19. The van der Waals surface area contributed by atoms with Gasteiger partial charge in [-0.2, -0.15) is 0 Å². The van der Waals surface area contributed by atoms with Gasteiger partial charge >= 0.3 is 4.87 Å². The van der Waals surface area contributed by atoms with Crippen LogP contribution in [0.1, 0.15) is 5.69 Å². The van der Waals surface area contributed by atoms with Gasteiger partial charge in [-0.05, 0) is 19.5 Å². The van der Waals surface area contributed by atoms with Crippen LogP contribution in [-0.4, -0.2) is 18.2 Å². The van der Waals surface area contributed by atoms with Crippen LogP contribution in [0.5, 0.6) is 0 Å². The van der Waals surface area contributed by atoms with E-state index in [-0.39, 0.29) is 4.87 Å². The monoisotopic (exact) mass is 198 g/mol. The summed E-state index contributed by atoms with van der Waals surface area (Å²) in [7, 11) is 1.87. The van der Waals surface area contributed by atoms with E-state index in [1.807, 2.05) is 19.4 Å². The van der Waals surface area contributed by atoms with E-state index in [4.69, 9.17) is 0 Å². The predicted octanol–water partition coefficient (Wildman–Crippen LogP) is 0.994. The molecule has 4 heteroatoms. The Labute approximate surface area is 81.7 Å². The van der Waals surface area contributed by atoms with E-state index in [0.29, 0.717) is 6.54 Å². The Kier molecular flexibility index (Phi) is 3.45. The second-order valence-electron chi connectivity index (χ2n) is 3.01. The Bertz CT molecular complexity index is 351. The van der Waals surface area contributed by atoms with Gasteiger partial charge in [0.2, 0.25) is 0 Å². The number of likely N-dealkylation sites (N-methyl/N-ethyl adjacent to an activating group) is 1. The molecule has 13 heavy (non-hydrogen) atoms. The van der Waals surface area contributed by atoms with Crippen LogP contribution in [0.2, 0.25) is 0 Å². The van der Waals surface area contributed by atoms with Gasteiger partial charge in [0, 0.05) is 24.2 Å². The highest BCUT2D eigenvalue weighted by Crippen LogP contribution is 2.02. The van der Waals surface area contributed by atoms with E-state index in [9.17, 15) is 4.79 Å². The zero-order chi connectivity index (χ0) is 9.84. The molecule has 0 fully saturated rings. The van der Waals surface area contributed by atoms with Crippen molar-refractivity contribution < 1.29 is 0 Å². The maximum atomic E-state index is 11.3. The first kappa shape index (κ1) is 10.2.